The highest BCUT2D eigenvalue weighted by atomic mass is 16.5. The highest BCUT2D eigenvalue weighted by molar-refractivity contribution is 6.06. The van der Waals surface area contributed by atoms with Crippen LogP contribution in [0.3, 0.4) is 0 Å². The Bertz CT molecular complexity index is 1740. The van der Waals surface area contributed by atoms with Crippen molar-refractivity contribution in [3.8, 4) is 11.5 Å². The zero-order valence-electron chi connectivity index (χ0n) is 19.9. The van der Waals surface area contributed by atoms with Gasteiger partial charge in [-0.1, -0.05) is 12.7 Å². The van der Waals surface area contributed by atoms with Gasteiger partial charge in [0, 0.05) is 29.9 Å². The molecule has 4 heterocycles. The van der Waals surface area contributed by atoms with Crippen molar-refractivity contribution in [2.45, 2.75) is 13.5 Å². The monoisotopic (exact) mass is 494 g/mol. The molecule has 11 heteroatoms. The Morgan fingerprint density at radius 3 is 2.78 bits per heavy atom. The molecule has 0 fully saturated rings. The lowest BCUT2D eigenvalue weighted by molar-refractivity contribution is 0.262. The molecule has 0 aliphatic carbocycles. The average Bonchev–Trinajstić information content (AvgIpc) is 3.28. The number of anilines is 2. The molecule has 0 aliphatic rings. The third-order valence-electron chi connectivity index (χ3n) is 5.40. The van der Waals surface area contributed by atoms with Crippen molar-refractivity contribution in [2.24, 2.45) is 0 Å². The van der Waals surface area contributed by atoms with Gasteiger partial charge in [0.25, 0.3) is 5.56 Å². The molecule has 5 aromatic rings. The highest BCUT2D eigenvalue weighted by Crippen LogP contribution is 2.34. The van der Waals surface area contributed by atoms with Crippen molar-refractivity contribution in [1.29, 1.82) is 0 Å². The lowest BCUT2D eigenvalue weighted by Crippen LogP contribution is -2.21. The van der Waals surface area contributed by atoms with Crippen LogP contribution in [0, 0.1) is 0 Å². The number of amides is 2. The summed E-state index contributed by atoms with van der Waals surface area (Å²) in [6.07, 6.45) is 6.00. The Kier molecular flexibility index (Phi) is 6.17. The van der Waals surface area contributed by atoms with Crippen LogP contribution >= 0.6 is 0 Å². The van der Waals surface area contributed by atoms with Crippen molar-refractivity contribution in [3.63, 3.8) is 0 Å². The second-order valence-electron chi connectivity index (χ2n) is 8.11. The van der Waals surface area contributed by atoms with E-state index in [4.69, 9.17) is 4.74 Å². The number of aromatic amines is 1. The minimum absolute atomic E-state index is 0.313. The fraction of sp³-hybridized carbons (Fsp3) is 0.0769. The van der Waals surface area contributed by atoms with Gasteiger partial charge >= 0.3 is 6.03 Å². The summed E-state index contributed by atoms with van der Waals surface area (Å²) >= 11 is 0. The number of fused-ring (bicyclic) bond motifs is 2. The SMILES string of the molecule is C=CCn1nc(C(=C)C)cc1NC(=O)Nc1ccc(Oc2ccnc3[nH]c(=O)cnc23)c2cccnc12. The van der Waals surface area contributed by atoms with Crippen LogP contribution in [0.25, 0.3) is 27.6 Å². The van der Waals surface area contributed by atoms with Gasteiger partial charge in [-0.2, -0.15) is 5.10 Å². The van der Waals surface area contributed by atoms with E-state index in [9.17, 15) is 9.59 Å². The Balaban J connectivity index is 1.44. The van der Waals surface area contributed by atoms with E-state index in [0.29, 0.717) is 57.3 Å². The van der Waals surface area contributed by atoms with E-state index in [-0.39, 0.29) is 5.56 Å². The number of allylic oxidation sites excluding steroid dienone is 2. The minimum Gasteiger partial charge on any atom is -0.454 e. The number of H-pyrrole nitrogens is 1. The normalized spacial score (nSPS) is 10.8. The molecule has 5 rings (SSSR count). The summed E-state index contributed by atoms with van der Waals surface area (Å²) in [5.41, 5.74) is 2.82. The molecular weight excluding hydrogens is 472 g/mol. The number of ether oxygens (including phenoxy) is 1. The second-order valence-corrected chi connectivity index (χ2v) is 8.11. The van der Waals surface area contributed by atoms with E-state index >= 15 is 0 Å². The maximum Gasteiger partial charge on any atom is 0.324 e. The molecule has 0 saturated heterocycles. The van der Waals surface area contributed by atoms with Gasteiger partial charge in [0.2, 0.25) is 0 Å². The first-order valence-corrected chi connectivity index (χ1v) is 11.2. The number of carbonyl (C=O) groups excluding carboxylic acids is 1. The molecule has 0 spiro atoms. The number of rotatable bonds is 7. The zero-order valence-corrected chi connectivity index (χ0v) is 19.9. The maximum absolute atomic E-state index is 12.9. The van der Waals surface area contributed by atoms with Gasteiger partial charge < -0.3 is 15.0 Å². The van der Waals surface area contributed by atoms with Gasteiger partial charge in [0.15, 0.2) is 11.4 Å². The number of hydrogen-bond donors (Lipinski definition) is 3. The topological polar surface area (TPSA) is 140 Å². The molecule has 0 bridgehead atoms. The van der Waals surface area contributed by atoms with Crippen LogP contribution in [0.5, 0.6) is 11.5 Å². The van der Waals surface area contributed by atoms with Crippen LogP contribution in [-0.2, 0) is 6.54 Å². The standard InChI is InChI=1S/C26H22N8O3/c1-4-12-34-21(13-18(33-34)15(2)3)31-26(36)30-17-7-8-19(16-6-5-10-27-23(16)17)37-20-9-11-28-25-24(20)29-14-22(35)32-25/h4-11,13-14H,1-2,12H2,3H3,(H,28,32,35)(H2,30,31,36). The van der Waals surface area contributed by atoms with Gasteiger partial charge in [0.05, 0.1) is 29.6 Å². The Labute approximate surface area is 210 Å². The molecule has 2 amide bonds. The summed E-state index contributed by atoms with van der Waals surface area (Å²) in [5, 5.41) is 10.8. The molecule has 1 aromatic carbocycles. The van der Waals surface area contributed by atoms with Crippen LogP contribution in [-0.4, -0.2) is 35.7 Å². The molecule has 0 aliphatic heterocycles. The molecule has 11 nitrogen and oxygen atoms in total. The lowest BCUT2D eigenvalue weighted by atomic mass is 10.1. The number of nitrogens with zero attached hydrogens (tertiary/aromatic N) is 5. The van der Waals surface area contributed by atoms with Crippen molar-refractivity contribution < 1.29 is 9.53 Å². The summed E-state index contributed by atoms with van der Waals surface area (Å²) in [6.45, 7) is 9.91. The Morgan fingerprint density at radius 1 is 1.11 bits per heavy atom. The second kappa shape index (κ2) is 9.74. The number of carbonyl (C=O) groups is 1. The van der Waals surface area contributed by atoms with Gasteiger partial charge in [-0.25, -0.2) is 19.4 Å². The molecule has 0 unspecified atom stereocenters. The Hall–Kier alpha value is -5.32. The largest absolute Gasteiger partial charge is 0.454 e. The van der Waals surface area contributed by atoms with Gasteiger partial charge in [-0.3, -0.25) is 15.1 Å². The third-order valence-corrected chi connectivity index (χ3v) is 5.40. The quantitative estimate of drug-likeness (QED) is 0.278. The molecule has 37 heavy (non-hydrogen) atoms. The molecule has 4 aromatic heterocycles. The summed E-state index contributed by atoms with van der Waals surface area (Å²) in [5.74, 6) is 1.40. The third kappa shape index (κ3) is 4.78. The molecule has 0 atom stereocenters. The minimum atomic E-state index is -0.465. The summed E-state index contributed by atoms with van der Waals surface area (Å²) in [7, 11) is 0. The van der Waals surface area contributed by atoms with Crippen molar-refractivity contribution in [2.75, 3.05) is 10.6 Å². The summed E-state index contributed by atoms with van der Waals surface area (Å²) < 4.78 is 7.78. The first kappa shape index (κ1) is 23.4. The Morgan fingerprint density at radius 2 is 1.97 bits per heavy atom. The van der Waals surface area contributed by atoms with E-state index in [1.165, 1.54) is 12.4 Å². The summed E-state index contributed by atoms with van der Waals surface area (Å²) in [4.78, 5) is 39.9. The van der Waals surface area contributed by atoms with Crippen molar-refractivity contribution >= 4 is 45.2 Å². The molecule has 0 radical (unpaired) electrons. The van der Waals surface area contributed by atoms with Crippen LogP contribution in [0.2, 0.25) is 0 Å². The van der Waals surface area contributed by atoms with Crippen LogP contribution in [0.1, 0.15) is 12.6 Å². The average molecular weight is 495 g/mol. The van der Waals surface area contributed by atoms with Crippen LogP contribution in [0.15, 0.2) is 79.0 Å². The number of nitrogens with one attached hydrogen (secondary N) is 3. The van der Waals surface area contributed by atoms with Gasteiger partial charge in [-0.15, -0.1) is 6.58 Å². The molecule has 184 valence electrons. The van der Waals surface area contributed by atoms with E-state index in [2.05, 4.69) is 48.8 Å². The van der Waals surface area contributed by atoms with Crippen molar-refractivity contribution in [1.82, 2.24) is 29.7 Å². The number of urea groups is 1. The number of hydrogen-bond acceptors (Lipinski definition) is 7. The predicted molar refractivity (Wildman–Crippen MR) is 142 cm³/mol. The summed E-state index contributed by atoms with van der Waals surface area (Å²) in [6, 6.07) is 9.96. The fourth-order valence-electron chi connectivity index (χ4n) is 3.72. The van der Waals surface area contributed by atoms with E-state index in [0.717, 1.165) is 5.57 Å². The lowest BCUT2D eigenvalue weighted by Gasteiger charge is -2.14. The van der Waals surface area contributed by atoms with Crippen LogP contribution < -0.4 is 20.9 Å². The first-order valence-electron chi connectivity index (χ1n) is 11.2. The fourth-order valence-corrected chi connectivity index (χ4v) is 3.72. The van der Waals surface area contributed by atoms with Gasteiger partial charge in [-0.05, 0) is 36.8 Å². The predicted octanol–water partition coefficient (Wildman–Crippen LogP) is 4.72. The number of benzene rings is 1. The highest BCUT2D eigenvalue weighted by Gasteiger charge is 2.15. The van der Waals surface area contributed by atoms with Crippen molar-refractivity contribution in [3.05, 3.63) is 90.3 Å². The smallest absolute Gasteiger partial charge is 0.324 e. The van der Waals surface area contributed by atoms with E-state index in [1.54, 1.807) is 47.3 Å². The van der Waals surface area contributed by atoms with E-state index in [1.807, 2.05) is 13.0 Å². The van der Waals surface area contributed by atoms with Crippen LogP contribution in [0.4, 0.5) is 16.3 Å². The first-order chi connectivity index (χ1) is 17.9. The number of pyridine rings is 2. The maximum atomic E-state index is 12.9. The molecular formula is C26H22N8O3. The van der Waals surface area contributed by atoms with Gasteiger partial charge in [0.1, 0.15) is 17.1 Å². The zero-order chi connectivity index (χ0) is 25.9. The molecule has 0 saturated carbocycles. The number of aromatic nitrogens is 6. The van der Waals surface area contributed by atoms with E-state index < -0.39 is 6.03 Å². The molecule has 3 N–H and O–H groups in total.